The van der Waals surface area contributed by atoms with E-state index in [1.54, 1.807) is 0 Å². The summed E-state index contributed by atoms with van der Waals surface area (Å²) < 4.78 is 2.07. The van der Waals surface area contributed by atoms with Gasteiger partial charge in [0.05, 0.1) is 5.69 Å². The highest BCUT2D eigenvalue weighted by Gasteiger charge is 2.30. The van der Waals surface area contributed by atoms with Gasteiger partial charge in [-0.3, -0.25) is 4.68 Å². The molecule has 108 valence electrons. The Labute approximate surface area is 117 Å². The van der Waals surface area contributed by atoms with Gasteiger partial charge in [0.15, 0.2) is 0 Å². The lowest BCUT2D eigenvalue weighted by Crippen LogP contribution is -2.39. The van der Waals surface area contributed by atoms with Gasteiger partial charge in [0.1, 0.15) is 0 Å². The van der Waals surface area contributed by atoms with Crippen molar-refractivity contribution < 1.29 is 0 Å². The average Bonchev–Trinajstić information content (AvgIpc) is 2.96. The lowest BCUT2D eigenvalue weighted by Gasteiger charge is -2.27. The Morgan fingerprint density at radius 1 is 1.42 bits per heavy atom. The molecule has 0 aromatic carbocycles. The second-order valence-electron chi connectivity index (χ2n) is 6.04. The normalized spacial score (nSPS) is 24.8. The summed E-state index contributed by atoms with van der Waals surface area (Å²) in [6, 6.07) is 2.90. The Kier molecular flexibility index (Phi) is 5.03. The van der Waals surface area contributed by atoms with Crippen molar-refractivity contribution in [3.63, 3.8) is 0 Å². The van der Waals surface area contributed by atoms with E-state index in [2.05, 4.69) is 49.0 Å². The smallest absolute Gasteiger partial charge is 0.0624 e. The van der Waals surface area contributed by atoms with E-state index in [0.717, 1.165) is 31.2 Å². The Hall–Kier alpha value is -0.830. The molecule has 1 fully saturated rings. The van der Waals surface area contributed by atoms with E-state index in [9.17, 15) is 0 Å². The molecular formula is C16H29N3. The maximum atomic E-state index is 4.58. The second-order valence-corrected chi connectivity index (χ2v) is 6.04. The molecule has 1 aliphatic carbocycles. The molecule has 1 N–H and O–H groups in total. The summed E-state index contributed by atoms with van der Waals surface area (Å²) in [6.07, 6.45) is 6.33. The summed E-state index contributed by atoms with van der Waals surface area (Å²) in [6.45, 7) is 7.87. The molecule has 0 aliphatic heterocycles. The first-order valence-corrected chi connectivity index (χ1v) is 7.90. The lowest BCUT2D eigenvalue weighted by atomic mass is 9.87. The minimum atomic E-state index is 0.614. The predicted octanol–water partition coefficient (Wildman–Crippen LogP) is 2.94. The van der Waals surface area contributed by atoms with E-state index in [4.69, 9.17) is 0 Å². The topological polar surface area (TPSA) is 29.9 Å². The Morgan fingerprint density at radius 3 is 2.74 bits per heavy atom. The van der Waals surface area contributed by atoms with Gasteiger partial charge in [-0.2, -0.15) is 5.10 Å². The molecule has 1 heterocycles. The van der Waals surface area contributed by atoms with Gasteiger partial charge in [-0.1, -0.05) is 33.6 Å². The average molecular weight is 263 g/mol. The maximum absolute atomic E-state index is 4.58. The zero-order valence-corrected chi connectivity index (χ0v) is 12.9. The highest BCUT2D eigenvalue weighted by Crippen LogP contribution is 2.34. The van der Waals surface area contributed by atoms with Crippen molar-refractivity contribution in [2.75, 3.05) is 6.54 Å². The van der Waals surface area contributed by atoms with Gasteiger partial charge in [0, 0.05) is 25.2 Å². The Bertz CT molecular complexity index is 397. The minimum absolute atomic E-state index is 0.614. The third-order valence-corrected chi connectivity index (χ3v) is 4.73. The fraction of sp³-hybridized carbons (Fsp3) is 0.812. The van der Waals surface area contributed by atoms with Crippen molar-refractivity contribution in [3.05, 3.63) is 17.5 Å². The number of hydrogen-bond acceptors (Lipinski definition) is 2. The van der Waals surface area contributed by atoms with E-state index in [1.807, 2.05) is 0 Å². The number of aromatic nitrogens is 2. The van der Waals surface area contributed by atoms with Crippen LogP contribution in [0.5, 0.6) is 0 Å². The Balaban J connectivity index is 2.09. The molecule has 3 heteroatoms. The van der Waals surface area contributed by atoms with Crippen molar-refractivity contribution in [2.45, 2.75) is 58.9 Å². The zero-order chi connectivity index (χ0) is 13.8. The molecule has 0 radical (unpaired) electrons. The molecule has 0 bridgehead atoms. The van der Waals surface area contributed by atoms with Gasteiger partial charge in [-0.25, -0.2) is 0 Å². The third kappa shape index (κ3) is 3.38. The number of likely N-dealkylation sites (N-methyl/N-ethyl adjacent to an activating group) is 1. The highest BCUT2D eigenvalue weighted by molar-refractivity contribution is 5.12. The lowest BCUT2D eigenvalue weighted by molar-refractivity contribution is 0.295. The molecule has 2 rings (SSSR count). The second kappa shape index (κ2) is 6.56. The SMILES string of the molecule is CCNC(Cc1cc(CC)nn1C)C1CCCC1C. The van der Waals surface area contributed by atoms with E-state index >= 15 is 0 Å². The van der Waals surface area contributed by atoms with Crippen LogP contribution in [0.25, 0.3) is 0 Å². The van der Waals surface area contributed by atoms with Crippen LogP contribution in [-0.4, -0.2) is 22.4 Å². The third-order valence-electron chi connectivity index (χ3n) is 4.73. The summed E-state index contributed by atoms with van der Waals surface area (Å²) in [7, 11) is 2.08. The van der Waals surface area contributed by atoms with Gasteiger partial charge in [0.25, 0.3) is 0 Å². The van der Waals surface area contributed by atoms with Crippen molar-refractivity contribution >= 4 is 0 Å². The number of rotatable bonds is 6. The maximum Gasteiger partial charge on any atom is 0.0624 e. The molecule has 1 aromatic heterocycles. The molecule has 1 aliphatic rings. The number of aryl methyl sites for hydroxylation is 2. The van der Waals surface area contributed by atoms with Crippen LogP contribution in [0.2, 0.25) is 0 Å². The van der Waals surface area contributed by atoms with Gasteiger partial charge < -0.3 is 5.32 Å². The summed E-state index contributed by atoms with van der Waals surface area (Å²) in [5.74, 6) is 1.70. The largest absolute Gasteiger partial charge is 0.314 e. The van der Waals surface area contributed by atoms with Crippen LogP contribution in [0.1, 0.15) is 51.4 Å². The standard InChI is InChI=1S/C16H29N3/c1-5-13-10-14(19(4)18-13)11-16(17-6-2)15-9-7-8-12(15)3/h10,12,15-17H,5-9,11H2,1-4H3. The number of nitrogens with one attached hydrogen (secondary N) is 1. The number of hydrogen-bond donors (Lipinski definition) is 1. The summed E-state index contributed by atoms with van der Waals surface area (Å²) >= 11 is 0. The Morgan fingerprint density at radius 2 is 2.21 bits per heavy atom. The van der Waals surface area contributed by atoms with Crippen LogP contribution in [0.15, 0.2) is 6.07 Å². The first kappa shape index (κ1) is 14.6. The first-order chi connectivity index (χ1) is 9.15. The van der Waals surface area contributed by atoms with E-state index in [0.29, 0.717) is 6.04 Å². The molecular weight excluding hydrogens is 234 g/mol. The van der Waals surface area contributed by atoms with E-state index in [-0.39, 0.29) is 0 Å². The zero-order valence-electron chi connectivity index (χ0n) is 12.9. The molecule has 1 aromatic rings. The predicted molar refractivity (Wildman–Crippen MR) is 80.3 cm³/mol. The van der Waals surface area contributed by atoms with Gasteiger partial charge in [0.2, 0.25) is 0 Å². The van der Waals surface area contributed by atoms with Crippen LogP contribution in [0, 0.1) is 11.8 Å². The van der Waals surface area contributed by atoms with Crippen LogP contribution in [0.3, 0.4) is 0 Å². The fourth-order valence-corrected chi connectivity index (χ4v) is 3.57. The van der Waals surface area contributed by atoms with Gasteiger partial charge in [-0.05, 0) is 37.3 Å². The molecule has 0 amide bonds. The van der Waals surface area contributed by atoms with E-state index < -0.39 is 0 Å². The first-order valence-electron chi connectivity index (χ1n) is 7.90. The summed E-state index contributed by atoms with van der Waals surface area (Å²) in [5, 5.41) is 8.29. The molecule has 1 saturated carbocycles. The minimum Gasteiger partial charge on any atom is -0.314 e. The molecule has 19 heavy (non-hydrogen) atoms. The van der Waals surface area contributed by atoms with Crippen molar-refractivity contribution in [1.29, 1.82) is 0 Å². The summed E-state index contributed by atoms with van der Waals surface area (Å²) in [5.41, 5.74) is 2.59. The molecule has 0 spiro atoms. The molecule has 3 nitrogen and oxygen atoms in total. The molecule has 3 unspecified atom stereocenters. The summed E-state index contributed by atoms with van der Waals surface area (Å²) in [4.78, 5) is 0. The molecule has 3 atom stereocenters. The monoisotopic (exact) mass is 263 g/mol. The van der Waals surface area contributed by atoms with Crippen LogP contribution < -0.4 is 5.32 Å². The number of nitrogens with zero attached hydrogens (tertiary/aromatic N) is 2. The van der Waals surface area contributed by atoms with Crippen LogP contribution in [0.4, 0.5) is 0 Å². The van der Waals surface area contributed by atoms with Crippen LogP contribution >= 0.6 is 0 Å². The van der Waals surface area contributed by atoms with Crippen molar-refractivity contribution in [2.24, 2.45) is 18.9 Å². The quantitative estimate of drug-likeness (QED) is 0.855. The molecule has 0 saturated heterocycles. The fourth-order valence-electron chi connectivity index (χ4n) is 3.57. The van der Waals surface area contributed by atoms with Gasteiger partial charge in [-0.15, -0.1) is 0 Å². The van der Waals surface area contributed by atoms with Crippen molar-refractivity contribution in [1.82, 2.24) is 15.1 Å². The van der Waals surface area contributed by atoms with Gasteiger partial charge >= 0.3 is 0 Å². The van der Waals surface area contributed by atoms with E-state index in [1.165, 1.54) is 30.7 Å². The highest BCUT2D eigenvalue weighted by atomic mass is 15.3. The van der Waals surface area contributed by atoms with Crippen LogP contribution in [-0.2, 0) is 19.9 Å². The van der Waals surface area contributed by atoms with Crippen molar-refractivity contribution in [3.8, 4) is 0 Å².